The summed E-state index contributed by atoms with van der Waals surface area (Å²) in [6, 6.07) is 10.3. The van der Waals surface area contributed by atoms with Gasteiger partial charge in [0.25, 0.3) is 0 Å². The minimum absolute atomic E-state index is 0.615. The van der Waals surface area contributed by atoms with Gasteiger partial charge in [0.1, 0.15) is 18.4 Å². The second-order valence-electron chi connectivity index (χ2n) is 5.45. The molecule has 1 atom stereocenters. The lowest BCUT2D eigenvalue weighted by Crippen LogP contribution is -2.36. The Bertz CT molecular complexity index is 450. The normalized spacial score (nSPS) is 19.6. The van der Waals surface area contributed by atoms with Gasteiger partial charge in [0.2, 0.25) is 0 Å². The highest BCUT2D eigenvalue weighted by Crippen LogP contribution is 2.23. The van der Waals surface area contributed by atoms with Crippen molar-refractivity contribution in [1.29, 1.82) is 5.26 Å². The van der Waals surface area contributed by atoms with Crippen molar-refractivity contribution in [2.75, 3.05) is 19.7 Å². The first-order valence-corrected chi connectivity index (χ1v) is 7.08. The van der Waals surface area contributed by atoms with Crippen molar-refractivity contribution < 1.29 is 4.74 Å². The molecule has 19 heavy (non-hydrogen) atoms. The Balaban J connectivity index is 1.85. The van der Waals surface area contributed by atoms with Crippen molar-refractivity contribution in [1.82, 2.24) is 4.90 Å². The second kappa shape index (κ2) is 6.58. The van der Waals surface area contributed by atoms with E-state index in [1.54, 1.807) is 6.07 Å². The summed E-state index contributed by atoms with van der Waals surface area (Å²) in [5, 5.41) is 9.00. The summed E-state index contributed by atoms with van der Waals surface area (Å²) >= 11 is 0. The molecule has 0 radical (unpaired) electrons. The van der Waals surface area contributed by atoms with Gasteiger partial charge in [-0.05, 0) is 37.4 Å². The van der Waals surface area contributed by atoms with Gasteiger partial charge in [-0.1, -0.05) is 26.0 Å². The van der Waals surface area contributed by atoms with Gasteiger partial charge in [-0.3, -0.25) is 4.90 Å². The van der Waals surface area contributed by atoms with E-state index in [0.29, 0.717) is 29.9 Å². The first-order valence-electron chi connectivity index (χ1n) is 7.08. The van der Waals surface area contributed by atoms with E-state index in [9.17, 15) is 0 Å². The molecule has 0 aromatic heterocycles. The average Bonchev–Trinajstić information content (AvgIpc) is 2.88. The minimum atomic E-state index is 0.615. The number of hydrogen-bond acceptors (Lipinski definition) is 3. The number of para-hydroxylation sites is 1. The highest BCUT2D eigenvalue weighted by Gasteiger charge is 2.26. The first kappa shape index (κ1) is 13.9. The molecule has 0 amide bonds. The predicted molar refractivity (Wildman–Crippen MR) is 76.1 cm³/mol. The molecule has 2 rings (SSSR count). The van der Waals surface area contributed by atoms with Gasteiger partial charge in [-0.15, -0.1) is 0 Å². The fourth-order valence-electron chi connectivity index (χ4n) is 2.84. The second-order valence-corrected chi connectivity index (χ2v) is 5.45. The van der Waals surface area contributed by atoms with Crippen LogP contribution in [-0.2, 0) is 0 Å². The van der Waals surface area contributed by atoms with Crippen molar-refractivity contribution in [3.05, 3.63) is 29.8 Å². The topological polar surface area (TPSA) is 36.3 Å². The van der Waals surface area contributed by atoms with E-state index >= 15 is 0 Å². The Morgan fingerprint density at radius 2 is 2.21 bits per heavy atom. The summed E-state index contributed by atoms with van der Waals surface area (Å²) in [6.07, 6.45) is 2.59. The van der Waals surface area contributed by atoms with Crippen molar-refractivity contribution in [2.24, 2.45) is 5.92 Å². The zero-order chi connectivity index (χ0) is 13.7. The fraction of sp³-hybridized carbons (Fsp3) is 0.562. The summed E-state index contributed by atoms with van der Waals surface area (Å²) in [5.41, 5.74) is 0.615. The molecule has 0 spiro atoms. The molecule has 1 unspecified atom stereocenters. The highest BCUT2D eigenvalue weighted by molar-refractivity contribution is 5.42. The van der Waals surface area contributed by atoms with E-state index in [2.05, 4.69) is 24.8 Å². The third-order valence-corrected chi connectivity index (χ3v) is 3.83. The lowest BCUT2D eigenvalue weighted by Gasteiger charge is -2.27. The van der Waals surface area contributed by atoms with Gasteiger partial charge in [-0.25, -0.2) is 0 Å². The lowest BCUT2D eigenvalue weighted by molar-refractivity contribution is 0.168. The predicted octanol–water partition coefficient (Wildman–Crippen LogP) is 3.06. The van der Waals surface area contributed by atoms with Crippen molar-refractivity contribution in [2.45, 2.75) is 32.7 Å². The molecular formula is C16H22N2O. The fourth-order valence-corrected chi connectivity index (χ4v) is 2.84. The average molecular weight is 258 g/mol. The monoisotopic (exact) mass is 258 g/mol. The number of nitrogens with zero attached hydrogens (tertiary/aromatic N) is 2. The smallest absolute Gasteiger partial charge is 0.137 e. The molecule has 0 bridgehead atoms. The summed E-state index contributed by atoms with van der Waals surface area (Å²) < 4.78 is 5.75. The summed E-state index contributed by atoms with van der Waals surface area (Å²) in [6.45, 7) is 7.35. The Morgan fingerprint density at radius 3 is 2.95 bits per heavy atom. The maximum atomic E-state index is 9.00. The molecule has 1 aliphatic rings. The van der Waals surface area contributed by atoms with E-state index in [4.69, 9.17) is 10.00 Å². The zero-order valence-corrected chi connectivity index (χ0v) is 11.8. The third-order valence-electron chi connectivity index (χ3n) is 3.83. The maximum Gasteiger partial charge on any atom is 0.137 e. The van der Waals surface area contributed by atoms with E-state index < -0.39 is 0 Å². The molecule has 1 saturated heterocycles. The summed E-state index contributed by atoms with van der Waals surface area (Å²) in [5.74, 6) is 1.40. The number of nitriles is 1. The van der Waals surface area contributed by atoms with Crippen LogP contribution in [0.2, 0.25) is 0 Å². The SMILES string of the molecule is CC(C)C1CCCN1CCOc1ccccc1C#N. The molecule has 1 aliphatic heterocycles. The Kier molecular flexibility index (Phi) is 4.81. The zero-order valence-electron chi connectivity index (χ0n) is 11.8. The lowest BCUT2D eigenvalue weighted by atomic mass is 10.0. The van der Waals surface area contributed by atoms with E-state index in [0.717, 1.165) is 6.54 Å². The van der Waals surface area contributed by atoms with Crippen molar-refractivity contribution in [3.8, 4) is 11.8 Å². The summed E-state index contributed by atoms with van der Waals surface area (Å²) in [7, 11) is 0. The number of likely N-dealkylation sites (tertiary alicyclic amines) is 1. The number of hydrogen-bond donors (Lipinski definition) is 0. The van der Waals surface area contributed by atoms with Gasteiger partial charge in [0.15, 0.2) is 0 Å². The Labute approximate surface area is 115 Å². The molecule has 1 fully saturated rings. The molecule has 3 nitrogen and oxygen atoms in total. The molecular weight excluding hydrogens is 236 g/mol. The number of ether oxygens (including phenoxy) is 1. The van der Waals surface area contributed by atoms with Crippen LogP contribution in [0.4, 0.5) is 0 Å². The largest absolute Gasteiger partial charge is 0.491 e. The molecule has 102 valence electrons. The van der Waals surface area contributed by atoms with Crippen LogP contribution in [0.3, 0.4) is 0 Å². The van der Waals surface area contributed by atoms with Crippen molar-refractivity contribution in [3.63, 3.8) is 0 Å². The first-order chi connectivity index (χ1) is 9.22. The molecule has 1 aromatic rings. The van der Waals surface area contributed by atoms with Gasteiger partial charge in [-0.2, -0.15) is 5.26 Å². The van der Waals surface area contributed by atoms with Crippen LogP contribution in [0.15, 0.2) is 24.3 Å². The Hall–Kier alpha value is -1.53. The van der Waals surface area contributed by atoms with Crippen LogP contribution in [0.1, 0.15) is 32.3 Å². The van der Waals surface area contributed by atoms with E-state index in [1.807, 2.05) is 18.2 Å². The van der Waals surface area contributed by atoms with Gasteiger partial charge < -0.3 is 4.74 Å². The van der Waals surface area contributed by atoms with Crippen LogP contribution in [0.5, 0.6) is 5.75 Å². The minimum Gasteiger partial charge on any atom is -0.491 e. The Morgan fingerprint density at radius 1 is 1.42 bits per heavy atom. The van der Waals surface area contributed by atoms with Crippen LogP contribution < -0.4 is 4.74 Å². The van der Waals surface area contributed by atoms with E-state index in [-0.39, 0.29) is 0 Å². The van der Waals surface area contributed by atoms with Gasteiger partial charge in [0.05, 0.1) is 5.56 Å². The molecule has 0 aliphatic carbocycles. The van der Waals surface area contributed by atoms with Crippen LogP contribution in [-0.4, -0.2) is 30.6 Å². The number of benzene rings is 1. The standard InChI is InChI=1S/C16H22N2O/c1-13(2)15-7-5-9-18(15)10-11-19-16-8-4-3-6-14(16)12-17/h3-4,6,8,13,15H,5,7,9-11H2,1-2H3. The molecule has 1 heterocycles. The molecule has 3 heteroatoms. The third kappa shape index (κ3) is 3.48. The molecule has 0 N–H and O–H groups in total. The van der Waals surface area contributed by atoms with E-state index in [1.165, 1.54) is 19.4 Å². The molecule has 1 aromatic carbocycles. The van der Waals surface area contributed by atoms with Crippen LogP contribution in [0, 0.1) is 17.2 Å². The van der Waals surface area contributed by atoms with Crippen LogP contribution in [0.25, 0.3) is 0 Å². The quantitative estimate of drug-likeness (QED) is 0.814. The highest BCUT2D eigenvalue weighted by atomic mass is 16.5. The van der Waals surface area contributed by atoms with Crippen LogP contribution >= 0.6 is 0 Å². The van der Waals surface area contributed by atoms with Gasteiger partial charge >= 0.3 is 0 Å². The van der Waals surface area contributed by atoms with Gasteiger partial charge in [0, 0.05) is 12.6 Å². The summed E-state index contributed by atoms with van der Waals surface area (Å²) in [4.78, 5) is 2.51. The molecule has 0 saturated carbocycles. The maximum absolute atomic E-state index is 9.00. The number of rotatable bonds is 5. The van der Waals surface area contributed by atoms with Crippen molar-refractivity contribution >= 4 is 0 Å².